The first-order chi connectivity index (χ1) is 27.3. The van der Waals surface area contributed by atoms with Crippen LogP contribution < -0.4 is 15.4 Å². The number of ether oxygens (including phenoxy) is 2. The Morgan fingerprint density at radius 1 is 1.02 bits per heavy atom. The summed E-state index contributed by atoms with van der Waals surface area (Å²) < 4.78 is 30.0. The summed E-state index contributed by atoms with van der Waals surface area (Å²) in [5.74, 6) is -3.06. The monoisotopic (exact) mass is 824 g/mol. The van der Waals surface area contributed by atoms with Crippen molar-refractivity contribution in [3.05, 3.63) is 64.7 Å². The fourth-order valence-corrected chi connectivity index (χ4v) is 9.14. The number of urea groups is 1. The minimum absolute atomic E-state index is 0.0392. The van der Waals surface area contributed by atoms with Gasteiger partial charge in [0.05, 0.1) is 31.4 Å². The predicted octanol–water partition coefficient (Wildman–Crippen LogP) is 3.82. The number of carbonyl (C=O) groups is 5. The molecule has 1 unspecified atom stereocenters. The van der Waals surface area contributed by atoms with E-state index in [9.17, 15) is 33.8 Å². The number of hydrogen-bond acceptors (Lipinski definition) is 12. The van der Waals surface area contributed by atoms with E-state index in [0.29, 0.717) is 29.2 Å². The van der Waals surface area contributed by atoms with E-state index >= 15 is 0 Å². The quantitative estimate of drug-likeness (QED) is 0.0987. The third kappa shape index (κ3) is 8.75. The molecule has 2 heterocycles. The number of imide groups is 1. The third-order valence-electron chi connectivity index (χ3n) is 12.1. The summed E-state index contributed by atoms with van der Waals surface area (Å²) in [6, 6.07) is 9.08. The molecule has 5 fully saturated rings. The minimum atomic E-state index is -2.60. The van der Waals surface area contributed by atoms with Crippen LogP contribution in [0.2, 0.25) is 0 Å². The number of carbonyl (C=O) groups excluding carboxylic acids is 5. The summed E-state index contributed by atoms with van der Waals surface area (Å²) in [6.07, 6.45) is 1.62. The molecule has 4 N–H and O–H groups in total. The summed E-state index contributed by atoms with van der Waals surface area (Å²) in [5.41, 5.74) is 0.255. The molecule has 18 heteroatoms. The van der Waals surface area contributed by atoms with Gasteiger partial charge in [-0.25, -0.2) is 9.59 Å². The number of benzene rings is 2. The average Bonchev–Trinajstić information content (AvgIpc) is 3.53. The molecule has 58 heavy (non-hydrogen) atoms. The van der Waals surface area contributed by atoms with E-state index in [2.05, 4.69) is 31.4 Å². The van der Waals surface area contributed by atoms with E-state index in [-0.39, 0.29) is 54.9 Å². The zero-order chi connectivity index (χ0) is 42.3. The van der Waals surface area contributed by atoms with Gasteiger partial charge in [0.2, 0.25) is 5.91 Å². The van der Waals surface area contributed by atoms with Crippen molar-refractivity contribution in [1.82, 2.24) is 20.4 Å². The summed E-state index contributed by atoms with van der Waals surface area (Å²) in [6.45, 7) is 13.8. The Morgan fingerprint density at radius 3 is 2.34 bits per heavy atom. The van der Waals surface area contributed by atoms with Gasteiger partial charge in [0, 0.05) is 19.6 Å². The van der Waals surface area contributed by atoms with E-state index in [1.807, 2.05) is 0 Å². The standard InChI is InChI=1S/C40H54BN4O12P/c1-9-44-17-18-45(35(48)34(44)47)37(50)43-31(24-15-13-23(14-16-24)22-54-58(51)52)33(46)42-30(41-56-29-21-26-20-28(39(26,5)6)40(29,7)57-41)19-25-11-10-12-27(32(25)53-8)36(49)55-38(2,3)4/h10-16,26,28-31,51-52H,9,17-22H2,1-8H3,(H,42,46)(H,43,50)/t26-,28-,29+,30-,31?,40-/m0/s1. The zero-order valence-corrected chi connectivity index (χ0v) is 35.2. The van der Waals surface area contributed by atoms with Crippen LogP contribution in [0.3, 0.4) is 0 Å². The number of nitrogens with one attached hydrogen (secondary N) is 2. The summed E-state index contributed by atoms with van der Waals surface area (Å²) in [7, 11) is -2.11. The molecule has 2 bridgehead atoms. The summed E-state index contributed by atoms with van der Waals surface area (Å²) in [4.78, 5) is 88.2. The topological polar surface area (TPSA) is 202 Å². The van der Waals surface area contributed by atoms with Gasteiger partial charge in [-0.3, -0.25) is 19.3 Å². The SMILES string of the molecule is CCN1CCN(C(=O)NC(C(=O)N[C@@H](Cc2cccc(C(=O)OC(C)(C)C)c2OC)B2O[C@@H]3C[C@@H]4C[C@@H](C4(C)C)[C@]3(C)O2)c2ccc(COP(O)O)cc2)C(=O)C1=O. The van der Waals surface area contributed by atoms with Gasteiger partial charge in [-0.1, -0.05) is 50.2 Å². The molecule has 7 rings (SSSR count). The smallest absolute Gasteiger partial charge is 0.482 e. The minimum Gasteiger partial charge on any atom is -0.496 e. The molecule has 6 atom stereocenters. The predicted molar refractivity (Wildman–Crippen MR) is 212 cm³/mol. The first-order valence-electron chi connectivity index (χ1n) is 19.6. The number of likely N-dealkylation sites (N-methyl/N-ethyl adjacent to an activating group) is 1. The Balaban J connectivity index is 1.34. The average molecular weight is 825 g/mol. The van der Waals surface area contributed by atoms with Crippen LogP contribution in [0, 0.1) is 17.3 Å². The Kier molecular flexibility index (Phi) is 12.6. The summed E-state index contributed by atoms with van der Waals surface area (Å²) >= 11 is 0. The van der Waals surface area contributed by atoms with Crippen LogP contribution in [0.25, 0.3) is 0 Å². The number of amides is 5. The van der Waals surface area contributed by atoms with Crippen LogP contribution in [0.5, 0.6) is 5.75 Å². The second kappa shape index (κ2) is 16.9. The van der Waals surface area contributed by atoms with Crippen LogP contribution in [-0.2, 0) is 46.0 Å². The van der Waals surface area contributed by atoms with Gasteiger partial charge >= 0.3 is 39.5 Å². The fourth-order valence-electron chi connectivity index (χ4n) is 8.88. The molecule has 3 saturated carbocycles. The van der Waals surface area contributed by atoms with Gasteiger partial charge < -0.3 is 48.6 Å². The number of nitrogens with zero attached hydrogens (tertiary/aromatic N) is 2. The van der Waals surface area contributed by atoms with Gasteiger partial charge in [-0.05, 0) is 93.9 Å². The fraction of sp³-hybridized carbons (Fsp3) is 0.575. The molecule has 2 saturated heterocycles. The Bertz CT molecular complexity index is 1910. The van der Waals surface area contributed by atoms with Gasteiger partial charge in [-0.15, -0.1) is 0 Å². The largest absolute Gasteiger partial charge is 0.496 e. The normalized spacial score (nSPS) is 24.8. The maximum atomic E-state index is 14.7. The number of esters is 1. The first kappa shape index (κ1) is 43.5. The molecule has 0 radical (unpaired) electrons. The molecule has 0 aromatic heterocycles. The lowest BCUT2D eigenvalue weighted by molar-refractivity contribution is -0.199. The van der Waals surface area contributed by atoms with Crippen molar-refractivity contribution in [2.45, 2.75) is 104 Å². The van der Waals surface area contributed by atoms with Gasteiger partial charge in [0.25, 0.3) is 0 Å². The molecule has 5 amide bonds. The number of piperazine rings is 1. The Morgan fingerprint density at radius 2 is 1.72 bits per heavy atom. The highest BCUT2D eigenvalue weighted by Crippen LogP contribution is 2.65. The van der Waals surface area contributed by atoms with Crippen LogP contribution >= 0.6 is 8.60 Å². The Hall–Kier alpha value is -4.12. The maximum Gasteiger partial charge on any atom is 0.482 e. The highest BCUT2D eigenvalue weighted by molar-refractivity contribution is 7.39. The number of para-hydroxylation sites is 1. The second-order valence-corrected chi connectivity index (χ2v) is 17.9. The van der Waals surface area contributed by atoms with Crippen molar-refractivity contribution >= 4 is 45.4 Å². The van der Waals surface area contributed by atoms with E-state index < -0.39 is 68.6 Å². The third-order valence-corrected chi connectivity index (χ3v) is 12.5. The van der Waals surface area contributed by atoms with Crippen molar-refractivity contribution < 1.29 is 57.1 Å². The van der Waals surface area contributed by atoms with E-state index in [1.165, 1.54) is 12.0 Å². The molecule has 314 valence electrons. The number of hydrogen-bond donors (Lipinski definition) is 4. The van der Waals surface area contributed by atoms with E-state index in [0.717, 1.165) is 17.7 Å². The molecule has 2 aromatic rings. The number of methoxy groups -OCH3 is 1. The highest BCUT2D eigenvalue weighted by Gasteiger charge is 2.68. The molecule has 2 aromatic carbocycles. The van der Waals surface area contributed by atoms with Crippen LogP contribution in [0.4, 0.5) is 4.79 Å². The van der Waals surface area contributed by atoms with Crippen molar-refractivity contribution in [3.8, 4) is 5.75 Å². The number of rotatable bonds is 13. The van der Waals surface area contributed by atoms with Gasteiger partial charge in [0.15, 0.2) is 0 Å². The van der Waals surface area contributed by atoms with Gasteiger partial charge in [0.1, 0.15) is 23.0 Å². The van der Waals surface area contributed by atoms with Crippen LogP contribution in [0.1, 0.15) is 94.4 Å². The molecular formula is C40H54BN4O12P. The van der Waals surface area contributed by atoms with Gasteiger partial charge in [-0.2, -0.15) is 0 Å². The van der Waals surface area contributed by atoms with Crippen LogP contribution in [0.15, 0.2) is 42.5 Å². The highest BCUT2D eigenvalue weighted by atomic mass is 31.2. The van der Waals surface area contributed by atoms with Crippen molar-refractivity contribution in [2.24, 2.45) is 17.3 Å². The molecule has 2 aliphatic heterocycles. The zero-order valence-electron chi connectivity index (χ0n) is 34.3. The van der Waals surface area contributed by atoms with Crippen molar-refractivity contribution in [3.63, 3.8) is 0 Å². The first-order valence-corrected chi connectivity index (χ1v) is 20.8. The van der Waals surface area contributed by atoms with E-state index in [4.69, 9.17) is 23.3 Å². The summed E-state index contributed by atoms with van der Waals surface area (Å²) in [5, 5.41) is 5.75. The lowest BCUT2D eigenvalue weighted by atomic mass is 9.43. The van der Waals surface area contributed by atoms with E-state index in [1.54, 1.807) is 70.2 Å². The van der Waals surface area contributed by atoms with Crippen molar-refractivity contribution in [1.29, 1.82) is 0 Å². The molecule has 5 aliphatic rings. The maximum absolute atomic E-state index is 14.7. The molecule has 16 nitrogen and oxygen atoms in total. The second-order valence-electron chi connectivity index (χ2n) is 17.1. The molecular weight excluding hydrogens is 770 g/mol. The van der Waals surface area contributed by atoms with Crippen LogP contribution in [-0.4, -0.2) is 106 Å². The lowest BCUT2D eigenvalue weighted by Gasteiger charge is -2.64. The Labute approximate surface area is 340 Å². The lowest BCUT2D eigenvalue weighted by Crippen LogP contribution is -2.65. The molecule has 3 aliphatic carbocycles. The molecule has 0 spiro atoms. The van der Waals surface area contributed by atoms with Crippen molar-refractivity contribution in [2.75, 3.05) is 26.7 Å².